The first kappa shape index (κ1) is 19.2. The van der Waals surface area contributed by atoms with Gasteiger partial charge in [-0.25, -0.2) is 0 Å². The fraction of sp³-hybridized carbons (Fsp3) is 0.579. The number of hydrogen-bond donors (Lipinski definition) is 3. The van der Waals surface area contributed by atoms with Gasteiger partial charge < -0.3 is 20.9 Å². The number of rotatable bonds is 8. The van der Waals surface area contributed by atoms with Crippen molar-refractivity contribution in [3.8, 4) is 0 Å². The van der Waals surface area contributed by atoms with Crippen LogP contribution in [-0.2, 0) is 11.3 Å². The molecule has 3 N–H and O–H groups in total. The Morgan fingerprint density at radius 1 is 1.04 bits per heavy atom. The first-order chi connectivity index (χ1) is 12.3. The van der Waals surface area contributed by atoms with Crippen LogP contribution in [0.4, 0.5) is 0 Å². The van der Waals surface area contributed by atoms with E-state index in [9.17, 15) is 4.79 Å². The Labute approximate surface area is 151 Å². The zero-order valence-corrected chi connectivity index (χ0v) is 15.3. The van der Waals surface area contributed by atoms with Crippen LogP contribution in [0.25, 0.3) is 0 Å². The normalized spacial score (nSPS) is 15.6. The third-order valence-corrected chi connectivity index (χ3v) is 4.37. The summed E-state index contributed by atoms with van der Waals surface area (Å²) in [5, 5.41) is 9.44. The smallest absolute Gasteiger partial charge is 0.222 e. The number of carbonyl (C=O) groups is 1. The van der Waals surface area contributed by atoms with E-state index in [1.54, 1.807) is 7.05 Å². The summed E-state index contributed by atoms with van der Waals surface area (Å²) in [6.07, 6.45) is 4.41. The van der Waals surface area contributed by atoms with Gasteiger partial charge in [0.1, 0.15) is 0 Å². The minimum absolute atomic E-state index is 0.0418. The first-order valence-corrected chi connectivity index (χ1v) is 9.25. The van der Waals surface area contributed by atoms with E-state index in [0.29, 0.717) is 19.5 Å². The predicted octanol–water partition coefficient (Wildman–Crippen LogP) is 1.34. The number of benzene rings is 1. The van der Waals surface area contributed by atoms with Crippen molar-refractivity contribution in [2.75, 3.05) is 39.8 Å². The molecule has 1 fully saturated rings. The lowest BCUT2D eigenvalue weighted by Crippen LogP contribution is -2.43. The molecular weight excluding hydrogens is 314 g/mol. The predicted molar refractivity (Wildman–Crippen MR) is 103 cm³/mol. The third-order valence-electron chi connectivity index (χ3n) is 4.37. The average Bonchev–Trinajstić information content (AvgIpc) is 2.67. The molecule has 0 bridgehead atoms. The maximum atomic E-state index is 11.9. The monoisotopic (exact) mass is 345 g/mol. The Morgan fingerprint density at radius 2 is 1.76 bits per heavy atom. The molecule has 1 aliphatic heterocycles. The molecule has 0 radical (unpaired) electrons. The van der Waals surface area contributed by atoms with E-state index in [2.05, 4.69) is 25.8 Å². The van der Waals surface area contributed by atoms with Crippen LogP contribution in [0.2, 0.25) is 0 Å². The number of hydrogen-bond acceptors (Lipinski definition) is 3. The van der Waals surface area contributed by atoms with Gasteiger partial charge in [-0.3, -0.25) is 9.79 Å². The molecule has 0 aromatic heterocycles. The lowest BCUT2D eigenvalue weighted by atomic mass is 10.1. The van der Waals surface area contributed by atoms with Crippen LogP contribution in [0.5, 0.6) is 0 Å². The summed E-state index contributed by atoms with van der Waals surface area (Å²) >= 11 is 0. The molecule has 1 aliphatic rings. The third kappa shape index (κ3) is 8.03. The van der Waals surface area contributed by atoms with E-state index in [0.717, 1.165) is 24.6 Å². The Bertz CT molecular complexity index is 526. The van der Waals surface area contributed by atoms with E-state index in [-0.39, 0.29) is 5.91 Å². The van der Waals surface area contributed by atoms with E-state index < -0.39 is 0 Å². The number of nitrogens with one attached hydrogen (secondary N) is 3. The van der Waals surface area contributed by atoms with Crippen LogP contribution < -0.4 is 16.0 Å². The number of amides is 1. The molecule has 1 aromatic rings. The number of carbonyl (C=O) groups excluding carboxylic acids is 1. The SMILES string of the molecule is CN=C(NCCC(=O)NCc1ccccc1)NCCN1CCCCC1. The summed E-state index contributed by atoms with van der Waals surface area (Å²) < 4.78 is 0. The summed E-state index contributed by atoms with van der Waals surface area (Å²) in [5.74, 6) is 0.799. The fourth-order valence-corrected chi connectivity index (χ4v) is 2.92. The van der Waals surface area contributed by atoms with Gasteiger partial charge in [0.05, 0.1) is 0 Å². The Hall–Kier alpha value is -2.08. The molecule has 6 nitrogen and oxygen atoms in total. The van der Waals surface area contributed by atoms with Gasteiger partial charge in [-0.1, -0.05) is 36.8 Å². The number of likely N-dealkylation sites (tertiary alicyclic amines) is 1. The molecule has 0 spiro atoms. The van der Waals surface area contributed by atoms with Crippen LogP contribution in [0.15, 0.2) is 35.3 Å². The van der Waals surface area contributed by atoms with Crippen molar-refractivity contribution >= 4 is 11.9 Å². The molecule has 1 saturated heterocycles. The molecule has 1 amide bonds. The van der Waals surface area contributed by atoms with E-state index in [1.807, 2.05) is 30.3 Å². The Kier molecular flexibility index (Phi) is 8.83. The van der Waals surface area contributed by atoms with Crippen molar-refractivity contribution in [2.45, 2.75) is 32.2 Å². The highest BCUT2D eigenvalue weighted by atomic mass is 16.1. The van der Waals surface area contributed by atoms with Crippen LogP contribution in [-0.4, -0.2) is 56.5 Å². The molecular formula is C19H31N5O. The molecule has 1 aromatic carbocycles. The lowest BCUT2D eigenvalue weighted by molar-refractivity contribution is -0.121. The van der Waals surface area contributed by atoms with Gasteiger partial charge in [-0.2, -0.15) is 0 Å². The number of nitrogens with zero attached hydrogens (tertiary/aromatic N) is 2. The maximum Gasteiger partial charge on any atom is 0.222 e. The van der Waals surface area contributed by atoms with Gasteiger partial charge >= 0.3 is 0 Å². The van der Waals surface area contributed by atoms with Gasteiger partial charge in [0.25, 0.3) is 0 Å². The molecule has 2 rings (SSSR count). The minimum atomic E-state index is 0.0418. The molecule has 6 heteroatoms. The second kappa shape index (κ2) is 11.5. The van der Waals surface area contributed by atoms with Crippen molar-refractivity contribution in [1.29, 1.82) is 0 Å². The zero-order chi connectivity index (χ0) is 17.7. The maximum absolute atomic E-state index is 11.9. The number of guanidine groups is 1. The van der Waals surface area contributed by atoms with Gasteiger partial charge in [-0.15, -0.1) is 0 Å². The Balaban J connectivity index is 1.54. The quantitative estimate of drug-likeness (QED) is 0.491. The average molecular weight is 345 g/mol. The summed E-state index contributed by atoms with van der Waals surface area (Å²) in [7, 11) is 1.76. The van der Waals surface area contributed by atoms with Gasteiger partial charge in [0.2, 0.25) is 5.91 Å². The molecule has 138 valence electrons. The van der Waals surface area contributed by atoms with Gasteiger partial charge in [0, 0.05) is 39.6 Å². The molecule has 0 saturated carbocycles. The number of aliphatic imine (C=N–C) groups is 1. The van der Waals surface area contributed by atoms with Crippen molar-refractivity contribution in [1.82, 2.24) is 20.9 Å². The molecule has 0 atom stereocenters. The summed E-state index contributed by atoms with van der Waals surface area (Å²) in [6, 6.07) is 9.93. The van der Waals surface area contributed by atoms with E-state index >= 15 is 0 Å². The standard InChI is InChI=1S/C19H31N5O/c1-20-19(22-12-15-24-13-6-3-7-14-24)21-11-10-18(25)23-16-17-8-4-2-5-9-17/h2,4-5,8-9H,3,6-7,10-16H2,1H3,(H,23,25)(H2,20,21,22). The lowest BCUT2D eigenvalue weighted by Gasteiger charge is -2.26. The fourth-order valence-electron chi connectivity index (χ4n) is 2.92. The van der Waals surface area contributed by atoms with E-state index in [1.165, 1.54) is 32.4 Å². The van der Waals surface area contributed by atoms with Gasteiger partial charge in [0.15, 0.2) is 5.96 Å². The minimum Gasteiger partial charge on any atom is -0.356 e. The second-order valence-electron chi connectivity index (χ2n) is 6.34. The topological polar surface area (TPSA) is 68.8 Å². The zero-order valence-electron chi connectivity index (χ0n) is 15.3. The van der Waals surface area contributed by atoms with Crippen molar-refractivity contribution in [3.05, 3.63) is 35.9 Å². The number of piperidine rings is 1. The van der Waals surface area contributed by atoms with Crippen LogP contribution in [0, 0.1) is 0 Å². The highest BCUT2D eigenvalue weighted by Crippen LogP contribution is 2.07. The van der Waals surface area contributed by atoms with Crippen molar-refractivity contribution < 1.29 is 4.79 Å². The molecule has 25 heavy (non-hydrogen) atoms. The second-order valence-corrected chi connectivity index (χ2v) is 6.34. The summed E-state index contributed by atoms with van der Waals surface area (Å²) in [5.41, 5.74) is 1.11. The van der Waals surface area contributed by atoms with E-state index in [4.69, 9.17) is 0 Å². The van der Waals surface area contributed by atoms with Crippen molar-refractivity contribution in [2.24, 2.45) is 4.99 Å². The summed E-state index contributed by atoms with van der Waals surface area (Å²) in [6.45, 7) is 5.47. The van der Waals surface area contributed by atoms with Crippen LogP contribution >= 0.6 is 0 Å². The first-order valence-electron chi connectivity index (χ1n) is 9.25. The van der Waals surface area contributed by atoms with Gasteiger partial charge in [-0.05, 0) is 31.5 Å². The molecule has 1 heterocycles. The molecule has 0 unspecified atom stereocenters. The van der Waals surface area contributed by atoms with Crippen molar-refractivity contribution in [3.63, 3.8) is 0 Å². The van der Waals surface area contributed by atoms with Crippen LogP contribution in [0.3, 0.4) is 0 Å². The highest BCUT2D eigenvalue weighted by molar-refractivity contribution is 5.81. The highest BCUT2D eigenvalue weighted by Gasteiger charge is 2.09. The summed E-state index contributed by atoms with van der Waals surface area (Å²) in [4.78, 5) is 18.6. The Morgan fingerprint density at radius 3 is 2.48 bits per heavy atom. The largest absolute Gasteiger partial charge is 0.356 e. The van der Waals surface area contributed by atoms with Crippen LogP contribution in [0.1, 0.15) is 31.2 Å². The molecule has 0 aliphatic carbocycles.